The van der Waals surface area contributed by atoms with Crippen LogP contribution in [0.15, 0.2) is 79.1 Å². The summed E-state index contributed by atoms with van der Waals surface area (Å²) in [7, 11) is 0. The highest BCUT2D eigenvalue weighted by molar-refractivity contribution is 5.94. The molecule has 0 unspecified atom stereocenters. The number of carbonyl (C=O) groups excluding carboxylic acids is 1. The van der Waals surface area contributed by atoms with Gasteiger partial charge in [0.05, 0.1) is 5.56 Å². The molecule has 2 aromatic carbocycles. The van der Waals surface area contributed by atoms with E-state index in [1.165, 1.54) is 12.1 Å². The first-order valence-corrected chi connectivity index (χ1v) is 10.6. The number of nitrogens with zero attached hydrogens (tertiary/aromatic N) is 2. The lowest BCUT2D eigenvalue weighted by Gasteiger charge is -2.15. The molecule has 0 radical (unpaired) electrons. The molecule has 4 rings (SSSR count). The van der Waals surface area contributed by atoms with E-state index in [0.29, 0.717) is 6.54 Å². The van der Waals surface area contributed by atoms with Crippen LogP contribution in [0.1, 0.15) is 38.3 Å². The van der Waals surface area contributed by atoms with Gasteiger partial charge >= 0.3 is 6.18 Å². The third-order valence-electron chi connectivity index (χ3n) is 5.84. The highest BCUT2D eigenvalue weighted by Crippen LogP contribution is 2.30. The molecule has 0 bridgehead atoms. The van der Waals surface area contributed by atoms with Crippen molar-refractivity contribution in [1.82, 2.24) is 14.5 Å². The highest BCUT2D eigenvalue weighted by atomic mass is 19.4. The van der Waals surface area contributed by atoms with Gasteiger partial charge < -0.3 is 14.5 Å². The number of halogens is 3. The van der Waals surface area contributed by atoms with Crippen molar-refractivity contribution >= 4 is 5.91 Å². The fourth-order valence-electron chi connectivity index (χ4n) is 3.96. The van der Waals surface area contributed by atoms with Crippen molar-refractivity contribution in [2.45, 2.75) is 33.1 Å². The minimum Gasteiger partial charge on any atom is -0.348 e. The molecule has 4 aromatic rings. The van der Waals surface area contributed by atoms with Gasteiger partial charge in [0.15, 0.2) is 0 Å². The number of aromatic nitrogens is 2. The molecule has 0 saturated carbocycles. The SMILES string of the molecule is Cc1c(CNC(=O)c2cccc(C(F)(F)F)c2)c(-n2cccc2)n(Cc2ccccc2)c1C. The Labute approximate surface area is 190 Å². The number of hydrogen-bond donors (Lipinski definition) is 1. The van der Waals surface area contributed by atoms with Crippen LogP contribution in [-0.4, -0.2) is 15.0 Å². The molecule has 170 valence electrons. The van der Waals surface area contributed by atoms with E-state index in [4.69, 9.17) is 0 Å². The van der Waals surface area contributed by atoms with Crippen molar-refractivity contribution in [3.05, 3.63) is 113 Å². The molecule has 1 amide bonds. The Bertz CT molecular complexity index is 1260. The Morgan fingerprint density at radius 3 is 2.30 bits per heavy atom. The summed E-state index contributed by atoms with van der Waals surface area (Å²) in [6, 6.07) is 18.4. The summed E-state index contributed by atoms with van der Waals surface area (Å²) in [5.74, 6) is 0.371. The minimum atomic E-state index is -4.50. The van der Waals surface area contributed by atoms with Gasteiger partial charge in [0.1, 0.15) is 5.82 Å². The van der Waals surface area contributed by atoms with Crippen LogP contribution in [0.25, 0.3) is 5.82 Å². The van der Waals surface area contributed by atoms with E-state index in [1.54, 1.807) is 0 Å². The first kappa shape index (κ1) is 22.5. The van der Waals surface area contributed by atoms with E-state index >= 15 is 0 Å². The van der Waals surface area contributed by atoms with Crippen LogP contribution >= 0.6 is 0 Å². The van der Waals surface area contributed by atoms with Crippen LogP contribution in [0, 0.1) is 13.8 Å². The number of carbonyl (C=O) groups is 1. The highest BCUT2D eigenvalue weighted by Gasteiger charge is 2.31. The van der Waals surface area contributed by atoms with E-state index in [2.05, 4.69) is 22.0 Å². The Hall–Kier alpha value is -3.74. The minimum absolute atomic E-state index is 0.0227. The molecular formula is C26H24F3N3O. The molecule has 0 spiro atoms. The number of alkyl halides is 3. The molecule has 0 aliphatic carbocycles. The predicted octanol–water partition coefficient (Wildman–Crippen LogP) is 5.89. The average molecular weight is 451 g/mol. The summed E-state index contributed by atoms with van der Waals surface area (Å²) >= 11 is 0. The lowest BCUT2D eigenvalue weighted by Crippen LogP contribution is -2.24. The predicted molar refractivity (Wildman–Crippen MR) is 121 cm³/mol. The number of nitrogens with one attached hydrogen (secondary N) is 1. The van der Waals surface area contributed by atoms with Crippen LogP contribution in [0.2, 0.25) is 0 Å². The summed E-state index contributed by atoms with van der Waals surface area (Å²) in [5.41, 5.74) is 3.28. The maximum atomic E-state index is 13.0. The molecule has 2 heterocycles. The third-order valence-corrected chi connectivity index (χ3v) is 5.84. The molecule has 0 aliphatic heterocycles. The second-order valence-corrected chi connectivity index (χ2v) is 7.94. The van der Waals surface area contributed by atoms with Crippen LogP contribution < -0.4 is 5.32 Å². The topological polar surface area (TPSA) is 39.0 Å². The van der Waals surface area contributed by atoms with Crippen LogP contribution in [0.5, 0.6) is 0 Å². The molecule has 0 aliphatic rings. The summed E-state index contributed by atoms with van der Waals surface area (Å²) in [6.07, 6.45) is -0.623. The van der Waals surface area contributed by atoms with Crippen molar-refractivity contribution < 1.29 is 18.0 Å². The van der Waals surface area contributed by atoms with E-state index < -0.39 is 17.6 Å². The van der Waals surface area contributed by atoms with Crippen molar-refractivity contribution in [3.63, 3.8) is 0 Å². The number of hydrogen-bond acceptors (Lipinski definition) is 1. The first-order chi connectivity index (χ1) is 15.8. The van der Waals surface area contributed by atoms with Gasteiger partial charge in [0.2, 0.25) is 0 Å². The third kappa shape index (κ3) is 4.72. The van der Waals surface area contributed by atoms with Gasteiger partial charge in [-0.1, -0.05) is 36.4 Å². The van der Waals surface area contributed by atoms with Crippen LogP contribution in [-0.2, 0) is 19.3 Å². The smallest absolute Gasteiger partial charge is 0.348 e. The standard InChI is InChI=1S/C26H24F3N3O/c1-18-19(2)32(17-20-9-4-3-5-10-20)25(31-13-6-7-14-31)23(18)16-30-24(33)21-11-8-12-22(15-21)26(27,28)29/h3-15H,16-17H2,1-2H3,(H,30,33). The molecule has 1 N–H and O–H groups in total. The summed E-state index contributed by atoms with van der Waals surface area (Å²) in [4.78, 5) is 12.7. The zero-order chi connectivity index (χ0) is 23.6. The molecular weight excluding hydrogens is 427 g/mol. The molecule has 33 heavy (non-hydrogen) atoms. The zero-order valence-corrected chi connectivity index (χ0v) is 18.4. The van der Waals surface area contributed by atoms with Gasteiger partial charge in [-0.2, -0.15) is 13.2 Å². The van der Waals surface area contributed by atoms with Crippen molar-refractivity contribution in [3.8, 4) is 5.82 Å². The van der Waals surface area contributed by atoms with Crippen LogP contribution in [0.4, 0.5) is 13.2 Å². The maximum absolute atomic E-state index is 13.0. The van der Waals surface area contributed by atoms with E-state index in [-0.39, 0.29) is 12.1 Å². The fourth-order valence-corrected chi connectivity index (χ4v) is 3.96. The molecule has 7 heteroatoms. The molecule has 4 nitrogen and oxygen atoms in total. The summed E-state index contributed by atoms with van der Waals surface area (Å²) in [6.45, 7) is 4.87. The molecule has 0 fully saturated rings. The number of benzene rings is 2. The second-order valence-electron chi connectivity index (χ2n) is 7.94. The van der Waals surface area contributed by atoms with Crippen LogP contribution in [0.3, 0.4) is 0 Å². The second kappa shape index (κ2) is 9.02. The Balaban J connectivity index is 1.65. The monoisotopic (exact) mass is 451 g/mol. The quantitative estimate of drug-likeness (QED) is 0.390. The number of amides is 1. The van der Waals surface area contributed by atoms with Crippen molar-refractivity contribution in [2.24, 2.45) is 0 Å². The van der Waals surface area contributed by atoms with Gasteiger partial charge in [-0.25, -0.2) is 0 Å². The summed E-state index contributed by atoms with van der Waals surface area (Å²) in [5, 5.41) is 2.81. The van der Waals surface area contributed by atoms with Crippen molar-refractivity contribution in [2.75, 3.05) is 0 Å². The van der Waals surface area contributed by atoms with E-state index in [1.807, 2.05) is 61.1 Å². The van der Waals surface area contributed by atoms with Crippen molar-refractivity contribution in [1.29, 1.82) is 0 Å². The van der Waals surface area contributed by atoms with Gasteiger partial charge in [0, 0.05) is 42.3 Å². The largest absolute Gasteiger partial charge is 0.416 e. The van der Waals surface area contributed by atoms with E-state index in [0.717, 1.165) is 40.3 Å². The fraction of sp³-hybridized carbons (Fsp3) is 0.192. The molecule has 0 saturated heterocycles. The Kier molecular flexibility index (Phi) is 6.14. The Morgan fingerprint density at radius 2 is 1.64 bits per heavy atom. The summed E-state index contributed by atoms with van der Waals surface area (Å²) < 4.78 is 43.3. The van der Waals surface area contributed by atoms with Gasteiger partial charge in [-0.15, -0.1) is 0 Å². The average Bonchev–Trinajstić information content (AvgIpc) is 3.41. The van der Waals surface area contributed by atoms with Gasteiger partial charge in [0.25, 0.3) is 5.91 Å². The normalized spacial score (nSPS) is 11.5. The van der Waals surface area contributed by atoms with Gasteiger partial charge in [-0.3, -0.25) is 4.79 Å². The number of rotatable bonds is 6. The Morgan fingerprint density at radius 1 is 0.939 bits per heavy atom. The van der Waals surface area contributed by atoms with Gasteiger partial charge in [-0.05, 0) is 55.3 Å². The molecule has 2 aromatic heterocycles. The molecule has 0 atom stereocenters. The lowest BCUT2D eigenvalue weighted by atomic mass is 10.1. The van der Waals surface area contributed by atoms with E-state index in [9.17, 15) is 18.0 Å². The first-order valence-electron chi connectivity index (χ1n) is 10.6. The zero-order valence-electron chi connectivity index (χ0n) is 18.4. The maximum Gasteiger partial charge on any atom is 0.416 e. The lowest BCUT2D eigenvalue weighted by molar-refractivity contribution is -0.137.